The van der Waals surface area contributed by atoms with Crippen molar-refractivity contribution in [2.45, 2.75) is 6.54 Å². The maximum atomic E-state index is 12.8. The summed E-state index contributed by atoms with van der Waals surface area (Å²) in [6, 6.07) is 14.0. The van der Waals surface area contributed by atoms with Crippen LogP contribution in [0.25, 0.3) is 16.9 Å². The van der Waals surface area contributed by atoms with Gasteiger partial charge in [0.05, 0.1) is 30.6 Å². The fourth-order valence-corrected chi connectivity index (χ4v) is 4.12. The molecular weight excluding hydrogens is 506 g/mol. The number of amides is 2. The van der Waals surface area contributed by atoms with E-state index in [0.29, 0.717) is 51.6 Å². The normalized spacial score (nSPS) is 10.7. The molecule has 38 heavy (non-hydrogen) atoms. The number of urea groups is 1. The van der Waals surface area contributed by atoms with Gasteiger partial charge in [-0.05, 0) is 35.9 Å². The zero-order valence-corrected chi connectivity index (χ0v) is 21.4. The molecule has 0 atom stereocenters. The fourth-order valence-electron chi connectivity index (χ4n) is 3.87. The molecule has 10 nitrogen and oxygen atoms in total. The molecule has 0 bridgehead atoms. The molecule has 2 aromatic carbocycles. The van der Waals surface area contributed by atoms with Crippen LogP contribution in [0.5, 0.6) is 11.5 Å². The van der Waals surface area contributed by atoms with Gasteiger partial charge in [-0.3, -0.25) is 4.98 Å². The summed E-state index contributed by atoms with van der Waals surface area (Å²) < 4.78 is 12.5. The first kappa shape index (κ1) is 24.8. The number of carbonyl (C=O) groups excluding carboxylic acids is 1. The zero-order valence-electron chi connectivity index (χ0n) is 20.6. The molecule has 0 aliphatic heterocycles. The number of benzene rings is 2. The average molecular weight is 530 g/mol. The lowest BCUT2D eigenvalue weighted by atomic mass is 10.1. The summed E-state index contributed by atoms with van der Waals surface area (Å²) in [7, 11) is 3.01. The van der Waals surface area contributed by atoms with Gasteiger partial charge >= 0.3 is 6.03 Å². The van der Waals surface area contributed by atoms with E-state index in [9.17, 15) is 4.79 Å². The smallest absolute Gasteiger partial charge is 0.323 e. The van der Waals surface area contributed by atoms with Gasteiger partial charge in [-0.2, -0.15) is 0 Å². The van der Waals surface area contributed by atoms with Crippen LogP contribution in [0.2, 0.25) is 5.02 Å². The molecule has 3 aromatic heterocycles. The second-order valence-electron chi connectivity index (χ2n) is 8.19. The molecule has 0 spiro atoms. The Morgan fingerprint density at radius 3 is 2.61 bits per heavy atom. The second kappa shape index (κ2) is 11.1. The summed E-state index contributed by atoms with van der Waals surface area (Å²) in [5, 5.41) is 9.32. The van der Waals surface area contributed by atoms with Gasteiger partial charge in [0, 0.05) is 54.8 Å². The molecule has 0 fully saturated rings. The fraction of sp³-hybridized carbons (Fsp3) is 0.111. The number of nitrogens with zero attached hydrogens (tertiary/aromatic N) is 4. The van der Waals surface area contributed by atoms with Gasteiger partial charge in [0.2, 0.25) is 0 Å². The van der Waals surface area contributed by atoms with Crippen molar-refractivity contribution in [2.24, 2.45) is 0 Å². The molecule has 2 amide bonds. The van der Waals surface area contributed by atoms with Crippen LogP contribution in [0.3, 0.4) is 0 Å². The minimum atomic E-state index is -0.459. The summed E-state index contributed by atoms with van der Waals surface area (Å²) >= 11 is 6.22. The maximum Gasteiger partial charge on any atom is 0.323 e. The largest absolute Gasteiger partial charge is 0.495 e. The van der Waals surface area contributed by atoms with Gasteiger partial charge in [0.15, 0.2) is 11.5 Å². The molecular formula is C27H24ClN7O3. The van der Waals surface area contributed by atoms with Crippen molar-refractivity contribution in [3.8, 4) is 22.8 Å². The highest BCUT2D eigenvalue weighted by Crippen LogP contribution is 2.36. The van der Waals surface area contributed by atoms with Crippen LogP contribution < -0.4 is 25.4 Å². The third kappa shape index (κ3) is 5.45. The summed E-state index contributed by atoms with van der Waals surface area (Å²) in [6.07, 6.45) is 8.98. The van der Waals surface area contributed by atoms with Crippen molar-refractivity contribution in [1.82, 2.24) is 19.4 Å². The minimum Gasteiger partial charge on any atom is -0.495 e. The number of halogens is 1. The lowest BCUT2D eigenvalue weighted by molar-refractivity contribution is 0.262. The lowest BCUT2D eigenvalue weighted by Gasteiger charge is -2.14. The number of methoxy groups -OCH3 is 2. The van der Waals surface area contributed by atoms with E-state index in [2.05, 4.69) is 25.9 Å². The van der Waals surface area contributed by atoms with Gasteiger partial charge in [-0.1, -0.05) is 23.7 Å². The number of hydrogen-bond donors (Lipinski definition) is 3. The number of fused-ring (bicyclic) bond motifs is 1. The summed E-state index contributed by atoms with van der Waals surface area (Å²) in [5.41, 5.74) is 4.30. The first-order valence-corrected chi connectivity index (χ1v) is 12.0. The molecule has 0 saturated heterocycles. The van der Waals surface area contributed by atoms with E-state index >= 15 is 0 Å². The van der Waals surface area contributed by atoms with E-state index < -0.39 is 6.03 Å². The minimum absolute atomic E-state index is 0.347. The highest BCUT2D eigenvalue weighted by molar-refractivity contribution is 6.32. The predicted molar refractivity (Wildman–Crippen MR) is 147 cm³/mol. The number of hydrogen-bond acceptors (Lipinski definition) is 7. The van der Waals surface area contributed by atoms with Crippen molar-refractivity contribution in [1.29, 1.82) is 0 Å². The number of carbonyl (C=O) groups is 1. The Balaban J connectivity index is 1.36. The average Bonchev–Trinajstić information content (AvgIpc) is 3.41. The van der Waals surface area contributed by atoms with E-state index in [0.717, 1.165) is 11.1 Å². The highest BCUT2D eigenvalue weighted by atomic mass is 35.5. The van der Waals surface area contributed by atoms with Gasteiger partial charge in [0.1, 0.15) is 11.5 Å². The lowest BCUT2D eigenvalue weighted by Crippen LogP contribution is -2.19. The maximum absolute atomic E-state index is 12.8. The number of imidazole rings is 1. The number of aromatic nitrogens is 4. The van der Waals surface area contributed by atoms with Crippen LogP contribution in [0.15, 0.2) is 79.5 Å². The molecule has 3 heterocycles. The van der Waals surface area contributed by atoms with Gasteiger partial charge in [-0.15, -0.1) is 0 Å². The number of pyridine rings is 1. The molecule has 192 valence electrons. The highest BCUT2D eigenvalue weighted by Gasteiger charge is 2.14. The summed E-state index contributed by atoms with van der Waals surface area (Å²) in [5.74, 6) is 1.50. The first-order valence-electron chi connectivity index (χ1n) is 11.6. The molecule has 0 aliphatic rings. The Morgan fingerprint density at radius 1 is 1.00 bits per heavy atom. The van der Waals surface area contributed by atoms with Crippen molar-refractivity contribution in [3.63, 3.8) is 0 Å². The first-order chi connectivity index (χ1) is 18.5. The molecule has 0 saturated carbocycles. The summed E-state index contributed by atoms with van der Waals surface area (Å²) in [4.78, 5) is 26.1. The van der Waals surface area contributed by atoms with Crippen LogP contribution >= 0.6 is 11.6 Å². The SMILES string of the molecule is COc1cc(OC)c(NC(=O)Nc2cccc(-c3cn4ccnc4c(NCc4ccncc4)n3)c2)cc1Cl. The van der Waals surface area contributed by atoms with Crippen molar-refractivity contribution < 1.29 is 14.3 Å². The topological polar surface area (TPSA) is 115 Å². The van der Waals surface area contributed by atoms with E-state index in [1.54, 1.807) is 36.8 Å². The molecule has 3 N–H and O–H groups in total. The van der Waals surface area contributed by atoms with Crippen molar-refractivity contribution >= 4 is 40.5 Å². The standard InChI is InChI=1S/C27H24ClN7O3/c1-37-23-14-24(38-2)21(13-20(23)28)34-27(36)32-19-5-3-4-18(12-19)22-16-35-11-10-30-26(35)25(33-22)31-15-17-6-8-29-9-7-17/h3-14,16H,15H2,1-2H3,(H,31,33)(H2,32,34,36). The molecule has 0 radical (unpaired) electrons. The second-order valence-corrected chi connectivity index (χ2v) is 8.60. The molecule has 0 unspecified atom stereocenters. The van der Waals surface area contributed by atoms with Crippen LogP contribution in [0.1, 0.15) is 5.56 Å². The third-order valence-electron chi connectivity index (χ3n) is 5.72. The van der Waals surface area contributed by atoms with E-state index in [1.807, 2.05) is 47.1 Å². The molecule has 11 heteroatoms. The van der Waals surface area contributed by atoms with Crippen LogP contribution in [0, 0.1) is 0 Å². The van der Waals surface area contributed by atoms with Gasteiger partial charge in [-0.25, -0.2) is 14.8 Å². The Hall–Kier alpha value is -4.83. The number of rotatable bonds is 8. The van der Waals surface area contributed by atoms with E-state index in [-0.39, 0.29) is 0 Å². The van der Waals surface area contributed by atoms with Crippen LogP contribution in [0.4, 0.5) is 22.0 Å². The Kier molecular flexibility index (Phi) is 7.23. The van der Waals surface area contributed by atoms with E-state index in [1.165, 1.54) is 14.2 Å². The van der Waals surface area contributed by atoms with Crippen LogP contribution in [-0.2, 0) is 6.54 Å². The molecule has 5 rings (SSSR count). The van der Waals surface area contributed by atoms with Crippen LogP contribution in [-0.4, -0.2) is 39.6 Å². The predicted octanol–water partition coefficient (Wildman–Crippen LogP) is 5.72. The Bertz CT molecular complexity index is 1590. The number of ether oxygens (including phenoxy) is 2. The van der Waals surface area contributed by atoms with Gasteiger partial charge < -0.3 is 29.8 Å². The van der Waals surface area contributed by atoms with E-state index in [4.69, 9.17) is 26.1 Å². The zero-order chi connectivity index (χ0) is 26.5. The van der Waals surface area contributed by atoms with Crippen molar-refractivity contribution in [2.75, 3.05) is 30.2 Å². The third-order valence-corrected chi connectivity index (χ3v) is 6.02. The van der Waals surface area contributed by atoms with Crippen molar-refractivity contribution in [3.05, 3.63) is 90.1 Å². The quantitative estimate of drug-likeness (QED) is 0.235. The Labute approximate surface area is 223 Å². The Morgan fingerprint density at radius 2 is 1.82 bits per heavy atom. The molecule has 5 aromatic rings. The number of anilines is 3. The van der Waals surface area contributed by atoms with Gasteiger partial charge in [0.25, 0.3) is 0 Å². The number of nitrogens with one attached hydrogen (secondary N) is 3. The molecule has 0 aliphatic carbocycles. The monoisotopic (exact) mass is 529 g/mol. The summed E-state index contributed by atoms with van der Waals surface area (Å²) in [6.45, 7) is 0.572.